The summed E-state index contributed by atoms with van der Waals surface area (Å²) in [4.78, 5) is 38.5. The van der Waals surface area contributed by atoms with Crippen molar-refractivity contribution in [2.24, 2.45) is 4.99 Å². The number of hydrogen-bond acceptors (Lipinski definition) is 6. The number of pyridine rings is 1. The van der Waals surface area contributed by atoms with Crippen LogP contribution in [0.1, 0.15) is 29.3 Å². The summed E-state index contributed by atoms with van der Waals surface area (Å²) in [5.41, 5.74) is 4.79. The topological polar surface area (TPSA) is 99.2 Å². The molecule has 1 aromatic carbocycles. The fourth-order valence-corrected chi connectivity index (χ4v) is 4.48. The van der Waals surface area contributed by atoms with Crippen LogP contribution in [0.3, 0.4) is 0 Å². The number of fused-ring (bicyclic) bond motifs is 2. The Hall–Kier alpha value is -3.98. The van der Waals surface area contributed by atoms with Crippen molar-refractivity contribution < 1.29 is 14.3 Å². The molecule has 1 saturated heterocycles. The molecule has 0 spiro atoms. The molecule has 4 heterocycles. The predicted molar refractivity (Wildman–Crippen MR) is 129 cm³/mol. The molecule has 3 amide bonds. The first-order chi connectivity index (χ1) is 16.6. The van der Waals surface area contributed by atoms with Gasteiger partial charge in [-0.05, 0) is 42.7 Å². The Bertz CT molecular complexity index is 1220. The van der Waals surface area contributed by atoms with E-state index >= 15 is 0 Å². The predicted octanol–water partition coefficient (Wildman–Crippen LogP) is 2.82. The van der Waals surface area contributed by atoms with E-state index in [4.69, 9.17) is 4.74 Å². The van der Waals surface area contributed by atoms with Gasteiger partial charge in [0.2, 0.25) is 0 Å². The number of anilines is 1. The van der Waals surface area contributed by atoms with E-state index in [9.17, 15) is 9.59 Å². The Labute approximate surface area is 197 Å². The molecular weight excluding hydrogens is 432 g/mol. The van der Waals surface area contributed by atoms with E-state index in [0.717, 1.165) is 35.4 Å². The largest absolute Gasteiger partial charge is 0.497 e. The number of hydrogen-bond donors (Lipinski definition) is 2. The summed E-state index contributed by atoms with van der Waals surface area (Å²) in [6.07, 6.45) is 7.79. The lowest BCUT2D eigenvalue weighted by molar-refractivity contribution is 0.0950. The number of nitrogens with zero attached hydrogens (tertiary/aromatic N) is 4. The van der Waals surface area contributed by atoms with Crippen LogP contribution in [-0.2, 0) is 6.54 Å². The van der Waals surface area contributed by atoms with Gasteiger partial charge in [-0.3, -0.25) is 29.9 Å². The summed E-state index contributed by atoms with van der Waals surface area (Å²) in [6.45, 7) is 3.67. The van der Waals surface area contributed by atoms with E-state index in [0.29, 0.717) is 30.1 Å². The molecule has 9 heteroatoms. The van der Waals surface area contributed by atoms with Crippen LogP contribution in [-0.4, -0.2) is 54.4 Å². The van der Waals surface area contributed by atoms with Crippen molar-refractivity contribution in [1.29, 1.82) is 0 Å². The third kappa shape index (κ3) is 3.94. The van der Waals surface area contributed by atoms with Crippen LogP contribution < -0.4 is 20.3 Å². The maximum atomic E-state index is 13.6. The number of likely N-dealkylation sites (N-methyl/N-ethyl adjacent to an activating group) is 1. The summed E-state index contributed by atoms with van der Waals surface area (Å²) in [6, 6.07) is 8.64. The zero-order chi connectivity index (χ0) is 23.7. The van der Waals surface area contributed by atoms with Crippen LogP contribution in [0, 0.1) is 0 Å². The maximum Gasteiger partial charge on any atom is 0.333 e. The summed E-state index contributed by atoms with van der Waals surface area (Å²) in [5.74, 6) is 0.218. The van der Waals surface area contributed by atoms with E-state index in [1.165, 1.54) is 7.11 Å². The van der Waals surface area contributed by atoms with Gasteiger partial charge >= 0.3 is 6.03 Å². The number of urea groups is 1. The lowest BCUT2D eigenvalue weighted by atomic mass is 9.99. The third-order valence-corrected chi connectivity index (χ3v) is 6.14. The molecule has 2 N–H and O–H groups in total. The van der Waals surface area contributed by atoms with E-state index in [-0.39, 0.29) is 18.1 Å². The van der Waals surface area contributed by atoms with Crippen LogP contribution in [0.4, 0.5) is 10.5 Å². The number of allylic oxidation sites excluding steroid dienone is 1. The van der Waals surface area contributed by atoms with E-state index in [1.54, 1.807) is 46.6 Å². The van der Waals surface area contributed by atoms with Crippen LogP contribution in [0.15, 0.2) is 70.8 Å². The molecule has 1 atom stereocenters. The van der Waals surface area contributed by atoms with Gasteiger partial charge in [-0.25, -0.2) is 4.79 Å². The molecule has 0 aliphatic carbocycles. The molecule has 174 valence electrons. The number of methoxy groups -OCH3 is 1. The highest BCUT2D eigenvalue weighted by Crippen LogP contribution is 2.36. The second-order valence-corrected chi connectivity index (χ2v) is 8.20. The molecule has 0 bridgehead atoms. The van der Waals surface area contributed by atoms with Crippen molar-refractivity contribution in [2.45, 2.75) is 26.1 Å². The number of carbonyl (C=O) groups is 2. The van der Waals surface area contributed by atoms with Gasteiger partial charge in [0.25, 0.3) is 5.91 Å². The summed E-state index contributed by atoms with van der Waals surface area (Å²) in [5, 5.41) is 6.25. The van der Waals surface area contributed by atoms with Crippen molar-refractivity contribution in [3.8, 4) is 5.75 Å². The smallest absolute Gasteiger partial charge is 0.333 e. The van der Waals surface area contributed by atoms with Gasteiger partial charge in [0.05, 0.1) is 18.5 Å². The van der Waals surface area contributed by atoms with Crippen LogP contribution in [0.25, 0.3) is 0 Å². The highest BCUT2D eigenvalue weighted by atomic mass is 16.5. The number of carbonyl (C=O) groups excluding carboxylic acids is 2. The number of dihydropyridines is 1. The monoisotopic (exact) mass is 458 g/mol. The van der Waals surface area contributed by atoms with Crippen molar-refractivity contribution in [3.05, 3.63) is 76.9 Å². The molecule has 3 aliphatic heterocycles. The molecule has 1 fully saturated rings. The summed E-state index contributed by atoms with van der Waals surface area (Å²) >= 11 is 0. The van der Waals surface area contributed by atoms with Gasteiger partial charge in [-0.2, -0.15) is 0 Å². The first-order valence-electron chi connectivity index (χ1n) is 11.3. The molecule has 0 radical (unpaired) electrons. The number of nitrogens with one attached hydrogen (secondary N) is 2. The lowest BCUT2D eigenvalue weighted by Crippen LogP contribution is -2.46. The minimum absolute atomic E-state index is 0.0625. The molecule has 0 saturated carbocycles. The minimum atomic E-state index is -0.268. The van der Waals surface area contributed by atoms with Gasteiger partial charge in [0, 0.05) is 61.6 Å². The van der Waals surface area contributed by atoms with Gasteiger partial charge < -0.3 is 10.1 Å². The highest BCUT2D eigenvalue weighted by molar-refractivity contribution is 6.04. The zero-order valence-electron chi connectivity index (χ0n) is 19.1. The normalized spacial score (nSPS) is 19.1. The second-order valence-electron chi connectivity index (χ2n) is 8.20. The Morgan fingerprint density at radius 3 is 2.97 bits per heavy atom. The molecule has 5 rings (SSSR count). The Morgan fingerprint density at radius 1 is 1.32 bits per heavy atom. The quantitative estimate of drug-likeness (QED) is 0.694. The van der Waals surface area contributed by atoms with Gasteiger partial charge in [-0.15, -0.1) is 0 Å². The van der Waals surface area contributed by atoms with Crippen molar-refractivity contribution >= 4 is 23.8 Å². The lowest BCUT2D eigenvalue weighted by Gasteiger charge is -2.38. The van der Waals surface area contributed by atoms with Crippen molar-refractivity contribution in [1.82, 2.24) is 20.5 Å². The van der Waals surface area contributed by atoms with Crippen LogP contribution >= 0.6 is 0 Å². The number of ether oxygens (including phenoxy) is 1. The first-order valence-corrected chi connectivity index (χ1v) is 11.3. The van der Waals surface area contributed by atoms with Gasteiger partial charge in [-0.1, -0.05) is 6.07 Å². The standard InChI is InChI=1S/C25H26N6O3/c1-3-30-22-18(14-28-23-21(22)6-8-27-23)15-31(25(30)33)19-9-17(10-20(11-19)34-2)24(32)29-13-16-5-4-7-26-12-16/h4-5,7,9-12,14-15,23,27H,3,6,8,13H2,1-2H3,(H,29,32). The Balaban J connectivity index is 1.48. The zero-order valence-corrected chi connectivity index (χ0v) is 19.1. The summed E-state index contributed by atoms with van der Waals surface area (Å²) in [7, 11) is 1.54. The molecule has 1 unspecified atom stereocenters. The van der Waals surface area contributed by atoms with Crippen molar-refractivity contribution in [3.63, 3.8) is 0 Å². The molecule has 9 nitrogen and oxygen atoms in total. The fourth-order valence-electron chi connectivity index (χ4n) is 4.48. The first kappa shape index (κ1) is 21.8. The maximum absolute atomic E-state index is 13.6. The number of aromatic nitrogens is 1. The SMILES string of the molecule is CCN1C(=O)N(c2cc(OC)cc(C(=O)NCc3cccnc3)c2)C=C2C=NC3NCCC3=C21. The fraction of sp³-hybridized carbons (Fsp3) is 0.280. The van der Waals surface area contributed by atoms with E-state index in [1.807, 2.05) is 25.3 Å². The van der Waals surface area contributed by atoms with Gasteiger partial charge in [0.15, 0.2) is 0 Å². The molecule has 2 aromatic rings. The number of aliphatic imine (C=N–C) groups is 1. The molecular formula is C25H26N6O3. The third-order valence-electron chi connectivity index (χ3n) is 6.14. The van der Waals surface area contributed by atoms with Gasteiger partial charge in [0.1, 0.15) is 11.9 Å². The number of rotatable bonds is 6. The highest BCUT2D eigenvalue weighted by Gasteiger charge is 2.37. The molecule has 34 heavy (non-hydrogen) atoms. The van der Waals surface area contributed by atoms with Crippen LogP contribution in [0.2, 0.25) is 0 Å². The Morgan fingerprint density at radius 2 is 2.21 bits per heavy atom. The van der Waals surface area contributed by atoms with Crippen LogP contribution in [0.5, 0.6) is 5.75 Å². The number of amides is 3. The molecule has 3 aliphatic rings. The minimum Gasteiger partial charge on any atom is -0.497 e. The van der Waals surface area contributed by atoms with Crippen molar-refractivity contribution in [2.75, 3.05) is 25.1 Å². The molecule has 1 aromatic heterocycles. The van der Waals surface area contributed by atoms with E-state index < -0.39 is 0 Å². The summed E-state index contributed by atoms with van der Waals surface area (Å²) < 4.78 is 5.44. The average molecular weight is 459 g/mol. The number of benzene rings is 1. The second kappa shape index (κ2) is 9.11. The Kier molecular flexibility index (Phi) is 5.85. The average Bonchev–Trinajstić information content (AvgIpc) is 3.36. The van der Waals surface area contributed by atoms with E-state index in [2.05, 4.69) is 20.6 Å².